The SMILES string of the molecule is Cc1ncsc1-c1ccc(CNC(=O)[C@@H]2C[C@@H](O)CN2C(=O)[C@@H](NC(=O)COCCOCCOCC[NH3+])C(C)(C)C)cc1.O=C([O-])C(F)(F)F. The highest BCUT2D eigenvalue weighted by molar-refractivity contribution is 7.13. The number of benzene rings is 1. The molecule has 14 nitrogen and oxygen atoms in total. The number of thiazole rings is 1. The second-order valence-electron chi connectivity index (χ2n) is 12.4. The molecule has 1 aromatic heterocycles. The number of halogens is 3. The van der Waals surface area contributed by atoms with Crippen LogP contribution in [-0.2, 0) is 39.9 Å². The fourth-order valence-electron chi connectivity index (χ4n) is 4.69. The molecule has 0 unspecified atom stereocenters. The first-order valence-corrected chi connectivity index (χ1v) is 16.7. The topological polar surface area (TPSA) is 207 Å². The second kappa shape index (κ2) is 20.2. The summed E-state index contributed by atoms with van der Waals surface area (Å²) in [5, 5.41) is 24.9. The molecule has 1 fully saturated rings. The Hall–Kier alpha value is -3.68. The molecule has 50 heavy (non-hydrogen) atoms. The van der Waals surface area contributed by atoms with Gasteiger partial charge in [0, 0.05) is 19.5 Å². The number of carboxylic acid groups (broad SMARTS) is 1. The van der Waals surface area contributed by atoms with Crippen LogP contribution in [-0.4, -0.2) is 116 Å². The van der Waals surface area contributed by atoms with E-state index in [0.29, 0.717) is 33.0 Å². The smallest absolute Gasteiger partial charge is 0.430 e. The summed E-state index contributed by atoms with van der Waals surface area (Å²) in [5.41, 5.74) is 7.79. The number of aryl methyl sites for hydroxylation is 1. The van der Waals surface area contributed by atoms with Crippen LogP contribution in [0.2, 0.25) is 0 Å². The maximum atomic E-state index is 13.7. The van der Waals surface area contributed by atoms with Crippen LogP contribution in [0.25, 0.3) is 10.4 Å². The number of hydrogen-bond acceptors (Lipinski definition) is 11. The van der Waals surface area contributed by atoms with E-state index in [1.54, 1.807) is 11.3 Å². The zero-order valence-corrected chi connectivity index (χ0v) is 29.4. The zero-order chi connectivity index (χ0) is 37.5. The molecule has 1 saturated heterocycles. The summed E-state index contributed by atoms with van der Waals surface area (Å²) in [4.78, 5) is 55.2. The van der Waals surface area contributed by atoms with Crippen LogP contribution < -0.4 is 21.5 Å². The molecule has 0 aliphatic carbocycles. The van der Waals surface area contributed by atoms with Crippen molar-refractivity contribution in [2.24, 2.45) is 5.41 Å². The molecule has 2 heterocycles. The van der Waals surface area contributed by atoms with Gasteiger partial charge in [-0.25, -0.2) is 4.98 Å². The van der Waals surface area contributed by atoms with Crippen LogP contribution in [0.15, 0.2) is 29.8 Å². The van der Waals surface area contributed by atoms with Gasteiger partial charge in [-0.1, -0.05) is 45.0 Å². The fourth-order valence-corrected chi connectivity index (χ4v) is 5.50. The number of aliphatic carboxylic acids is 1. The number of quaternary nitrogens is 1. The molecule has 2 aromatic rings. The number of nitrogens with zero attached hydrogens (tertiary/aromatic N) is 2. The van der Waals surface area contributed by atoms with E-state index in [4.69, 9.17) is 24.1 Å². The number of alkyl halides is 3. The predicted molar refractivity (Wildman–Crippen MR) is 173 cm³/mol. The summed E-state index contributed by atoms with van der Waals surface area (Å²) >= 11 is 1.58. The molecule has 3 amide bonds. The molecule has 1 aliphatic rings. The number of ether oxygens (including phenoxy) is 3. The van der Waals surface area contributed by atoms with Crippen molar-refractivity contribution < 1.29 is 62.5 Å². The van der Waals surface area contributed by atoms with Crippen LogP contribution in [0.1, 0.15) is 38.4 Å². The Bertz CT molecular complexity index is 1390. The third-order valence-electron chi connectivity index (χ3n) is 7.21. The van der Waals surface area contributed by atoms with Crippen LogP contribution in [0.5, 0.6) is 0 Å². The molecule has 0 saturated carbocycles. The van der Waals surface area contributed by atoms with Crippen LogP contribution in [0.4, 0.5) is 13.2 Å². The number of likely N-dealkylation sites (tertiary alicyclic amines) is 1. The Morgan fingerprint density at radius 2 is 1.64 bits per heavy atom. The largest absolute Gasteiger partial charge is 0.542 e. The maximum Gasteiger partial charge on any atom is 0.430 e. The van der Waals surface area contributed by atoms with E-state index in [2.05, 4.69) is 21.4 Å². The summed E-state index contributed by atoms with van der Waals surface area (Å²) in [6.07, 6.45) is -5.92. The minimum absolute atomic E-state index is 0.00852. The first-order valence-electron chi connectivity index (χ1n) is 15.8. The molecule has 1 aromatic carbocycles. The number of carbonyl (C=O) groups is 4. The first kappa shape index (κ1) is 42.5. The van der Waals surface area contributed by atoms with Gasteiger partial charge < -0.3 is 50.5 Å². The third-order valence-corrected chi connectivity index (χ3v) is 8.19. The quantitative estimate of drug-likeness (QED) is 0.167. The second-order valence-corrected chi connectivity index (χ2v) is 13.2. The van der Waals surface area contributed by atoms with Crippen LogP contribution in [0.3, 0.4) is 0 Å². The molecular formula is C32H46F3N5O9S. The lowest BCUT2D eigenvalue weighted by atomic mass is 9.85. The minimum atomic E-state index is -5.19. The highest BCUT2D eigenvalue weighted by Crippen LogP contribution is 2.28. The van der Waals surface area contributed by atoms with Crippen molar-refractivity contribution in [3.05, 3.63) is 41.0 Å². The zero-order valence-electron chi connectivity index (χ0n) is 28.5. The number of carbonyl (C=O) groups excluding carboxylic acids is 4. The summed E-state index contributed by atoms with van der Waals surface area (Å²) < 4.78 is 47.6. The van der Waals surface area contributed by atoms with Gasteiger partial charge in [0.05, 0.1) is 61.8 Å². The number of aliphatic hydroxyl groups is 1. The Balaban J connectivity index is 0.00000112. The minimum Gasteiger partial charge on any atom is -0.542 e. The van der Waals surface area contributed by atoms with E-state index in [1.807, 2.05) is 57.5 Å². The van der Waals surface area contributed by atoms with Crippen molar-refractivity contribution in [1.82, 2.24) is 20.5 Å². The number of β-amino-alcohol motifs (C(OH)–C–C–N with tert-alkyl or cyclic N) is 1. The molecule has 3 atom stereocenters. The molecule has 0 radical (unpaired) electrons. The Morgan fingerprint density at radius 1 is 1.06 bits per heavy atom. The summed E-state index contributed by atoms with van der Waals surface area (Å²) in [7, 11) is 0. The Morgan fingerprint density at radius 3 is 2.16 bits per heavy atom. The third kappa shape index (κ3) is 14.3. The maximum absolute atomic E-state index is 13.7. The van der Waals surface area contributed by atoms with Gasteiger partial charge in [-0.05, 0) is 23.5 Å². The number of hydrogen-bond donors (Lipinski definition) is 4. The van der Waals surface area contributed by atoms with Gasteiger partial charge in [0.2, 0.25) is 17.7 Å². The lowest BCUT2D eigenvalue weighted by Gasteiger charge is -2.35. The van der Waals surface area contributed by atoms with Gasteiger partial charge >= 0.3 is 6.18 Å². The normalized spacial score (nSPS) is 16.7. The fraction of sp³-hybridized carbons (Fsp3) is 0.594. The number of nitrogens with one attached hydrogen (secondary N) is 2. The summed E-state index contributed by atoms with van der Waals surface area (Å²) in [6, 6.07) is 6.10. The molecule has 18 heteroatoms. The molecule has 0 bridgehead atoms. The van der Waals surface area contributed by atoms with Crippen molar-refractivity contribution in [2.45, 2.75) is 65.0 Å². The predicted octanol–water partition coefficient (Wildman–Crippen LogP) is -0.182. The summed E-state index contributed by atoms with van der Waals surface area (Å²) in [6.45, 7) is 10.2. The number of aromatic nitrogens is 1. The monoisotopic (exact) mass is 733 g/mol. The number of amides is 3. The first-order chi connectivity index (χ1) is 23.4. The highest BCUT2D eigenvalue weighted by Gasteiger charge is 2.44. The van der Waals surface area contributed by atoms with Crippen molar-refractivity contribution in [3.8, 4) is 10.4 Å². The number of aliphatic hydroxyl groups excluding tert-OH is 1. The van der Waals surface area contributed by atoms with E-state index in [0.717, 1.165) is 21.7 Å². The van der Waals surface area contributed by atoms with Gasteiger partial charge in [0.25, 0.3) is 0 Å². The lowest BCUT2D eigenvalue weighted by Crippen LogP contribution is -2.58. The van der Waals surface area contributed by atoms with Crippen molar-refractivity contribution in [2.75, 3.05) is 52.7 Å². The number of carboxylic acids is 1. The van der Waals surface area contributed by atoms with E-state index < -0.39 is 47.6 Å². The number of rotatable bonds is 16. The van der Waals surface area contributed by atoms with E-state index in [1.165, 1.54) is 4.90 Å². The van der Waals surface area contributed by atoms with E-state index in [9.17, 15) is 32.7 Å². The lowest BCUT2D eigenvalue weighted by molar-refractivity contribution is -0.374. The molecule has 0 spiro atoms. The standard InChI is InChI=1S/C30H45N5O7S.C2HF3O2/c1-20-26(43-19-33-20)22-7-5-21(6-8-22)16-32-28(38)24-15-23(36)17-35(24)29(39)27(30(2,3)4)34-25(37)18-42-14-13-41-12-11-40-10-9-31;3-2(4,5)1(6)7/h5-8,19,23-24,27,36H,9-18,31H2,1-4H3,(H,32,38)(H,34,37);(H,6,7)/t23-,24+,27-;/m1./s1. The highest BCUT2D eigenvalue weighted by atomic mass is 32.1. The van der Waals surface area contributed by atoms with Crippen molar-refractivity contribution in [3.63, 3.8) is 0 Å². The van der Waals surface area contributed by atoms with Gasteiger partial charge in [-0.2, -0.15) is 13.2 Å². The molecular weight excluding hydrogens is 687 g/mol. The molecule has 1 aliphatic heterocycles. The Labute approximate surface area is 292 Å². The van der Waals surface area contributed by atoms with Gasteiger partial charge in [0.15, 0.2) is 0 Å². The van der Waals surface area contributed by atoms with Gasteiger partial charge in [0.1, 0.15) is 24.7 Å². The van der Waals surface area contributed by atoms with Crippen molar-refractivity contribution in [1.29, 1.82) is 0 Å². The van der Waals surface area contributed by atoms with E-state index in [-0.39, 0.29) is 38.6 Å². The average Bonchev–Trinajstić information content (AvgIpc) is 3.66. The molecule has 6 N–H and O–H groups in total. The van der Waals surface area contributed by atoms with Crippen molar-refractivity contribution >= 4 is 35.0 Å². The van der Waals surface area contributed by atoms with Gasteiger partial charge in [-0.15, -0.1) is 11.3 Å². The van der Waals surface area contributed by atoms with Gasteiger partial charge in [-0.3, -0.25) is 14.4 Å². The summed E-state index contributed by atoms with van der Waals surface area (Å²) in [5.74, 6) is -4.24. The average molecular weight is 734 g/mol. The molecule has 280 valence electrons. The van der Waals surface area contributed by atoms with E-state index >= 15 is 0 Å². The van der Waals surface area contributed by atoms with Crippen LogP contribution in [0, 0.1) is 12.3 Å². The molecule has 3 rings (SSSR count). The van der Waals surface area contributed by atoms with Crippen LogP contribution >= 0.6 is 11.3 Å². The Kier molecular flexibility index (Phi) is 17.2.